The maximum absolute atomic E-state index is 14.0. The van der Waals surface area contributed by atoms with E-state index in [9.17, 15) is 4.39 Å². The van der Waals surface area contributed by atoms with E-state index in [0.29, 0.717) is 17.5 Å². The molecule has 0 spiro atoms. The molecule has 0 aromatic heterocycles. The number of anilines is 1. The first-order chi connectivity index (χ1) is 9.24. The van der Waals surface area contributed by atoms with Crippen molar-refractivity contribution in [1.82, 2.24) is 5.32 Å². The van der Waals surface area contributed by atoms with Gasteiger partial charge in [0.25, 0.3) is 0 Å². The number of nitrogens with one attached hydrogen (secondary N) is 1. The highest BCUT2D eigenvalue weighted by molar-refractivity contribution is 5.52. The number of ether oxygens (including phenoxy) is 1. The van der Waals surface area contributed by atoms with E-state index >= 15 is 0 Å². The van der Waals surface area contributed by atoms with Crippen molar-refractivity contribution in [1.29, 1.82) is 0 Å². The molecule has 106 valence electrons. The number of hydrogen-bond donors (Lipinski definition) is 1. The summed E-state index contributed by atoms with van der Waals surface area (Å²) in [6.07, 6.45) is 3.31. The van der Waals surface area contributed by atoms with Gasteiger partial charge in [-0.2, -0.15) is 0 Å². The van der Waals surface area contributed by atoms with Crippen molar-refractivity contribution in [3.05, 3.63) is 24.0 Å². The monoisotopic (exact) mass is 266 g/mol. The molecule has 1 heterocycles. The van der Waals surface area contributed by atoms with Crippen LogP contribution in [0.15, 0.2) is 18.2 Å². The van der Waals surface area contributed by atoms with Crippen LogP contribution in [0, 0.1) is 5.82 Å². The molecule has 1 N–H and O–H groups in total. The lowest BCUT2D eigenvalue weighted by Gasteiger charge is -2.27. The zero-order valence-corrected chi connectivity index (χ0v) is 11.8. The Labute approximate surface area is 114 Å². The Morgan fingerprint density at radius 3 is 3.05 bits per heavy atom. The zero-order valence-electron chi connectivity index (χ0n) is 11.8. The molecule has 1 fully saturated rings. The average molecular weight is 266 g/mol. The number of methoxy groups -OCH3 is 1. The highest BCUT2D eigenvalue weighted by atomic mass is 19.1. The van der Waals surface area contributed by atoms with Gasteiger partial charge in [-0.15, -0.1) is 0 Å². The van der Waals surface area contributed by atoms with Crippen LogP contribution in [0.25, 0.3) is 0 Å². The molecule has 1 saturated heterocycles. The number of benzene rings is 1. The molecule has 4 heteroatoms. The van der Waals surface area contributed by atoms with Crippen molar-refractivity contribution < 1.29 is 9.13 Å². The van der Waals surface area contributed by atoms with E-state index in [1.807, 2.05) is 0 Å². The Kier molecular flexibility index (Phi) is 5.02. The predicted molar refractivity (Wildman–Crippen MR) is 76.5 cm³/mol. The van der Waals surface area contributed by atoms with Crippen LogP contribution < -0.4 is 15.0 Å². The molecular formula is C15H23FN2O. The standard InChI is InChI=1S/C15H23FN2O/c1-3-5-12-11-18(9-4-8-17-12)15-10-13(19-2)6-7-14(15)16/h6-7,10,12,17H,3-5,8-9,11H2,1-2H3. The molecule has 1 aliphatic heterocycles. The number of rotatable bonds is 4. The van der Waals surface area contributed by atoms with Crippen LogP contribution in [0.4, 0.5) is 10.1 Å². The molecule has 19 heavy (non-hydrogen) atoms. The zero-order chi connectivity index (χ0) is 13.7. The average Bonchev–Trinajstić information content (AvgIpc) is 2.65. The molecule has 1 aliphatic rings. The van der Waals surface area contributed by atoms with Crippen LogP contribution in [-0.2, 0) is 0 Å². The quantitative estimate of drug-likeness (QED) is 0.907. The number of hydrogen-bond acceptors (Lipinski definition) is 3. The molecule has 3 nitrogen and oxygen atoms in total. The van der Waals surface area contributed by atoms with Crippen LogP contribution in [0.2, 0.25) is 0 Å². The Hall–Kier alpha value is -1.29. The van der Waals surface area contributed by atoms with Crippen molar-refractivity contribution >= 4 is 5.69 Å². The molecule has 1 atom stereocenters. The minimum atomic E-state index is -0.169. The van der Waals surface area contributed by atoms with Gasteiger partial charge in [0.2, 0.25) is 0 Å². The maximum atomic E-state index is 14.0. The topological polar surface area (TPSA) is 24.5 Å². The normalized spacial score (nSPS) is 20.2. The van der Waals surface area contributed by atoms with E-state index in [1.165, 1.54) is 6.07 Å². The van der Waals surface area contributed by atoms with Gasteiger partial charge < -0.3 is 15.0 Å². The summed E-state index contributed by atoms with van der Waals surface area (Å²) in [5.41, 5.74) is 0.657. The Balaban J connectivity index is 2.18. The lowest BCUT2D eigenvalue weighted by atomic mass is 10.1. The van der Waals surface area contributed by atoms with Gasteiger partial charge in [-0.1, -0.05) is 13.3 Å². The second-order valence-corrected chi connectivity index (χ2v) is 5.06. The highest BCUT2D eigenvalue weighted by Gasteiger charge is 2.20. The fourth-order valence-electron chi connectivity index (χ4n) is 2.62. The summed E-state index contributed by atoms with van der Waals surface area (Å²) in [7, 11) is 1.61. The molecule has 0 radical (unpaired) electrons. The second-order valence-electron chi connectivity index (χ2n) is 5.06. The van der Waals surface area contributed by atoms with Crippen molar-refractivity contribution in [3.8, 4) is 5.75 Å². The summed E-state index contributed by atoms with van der Waals surface area (Å²) in [6.45, 7) is 4.94. The Morgan fingerprint density at radius 1 is 1.47 bits per heavy atom. The van der Waals surface area contributed by atoms with Crippen molar-refractivity contribution in [2.24, 2.45) is 0 Å². The van der Waals surface area contributed by atoms with E-state index in [1.54, 1.807) is 19.2 Å². The lowest BCUT2D eigenvalue weighted by molar-refractivity contribution is 0.413. The van der Waals surface area contributed by atoms with Crippen LogP contribution >= 0.6 is 0 Å². The Morgan fingerprint density at radius 2 is 2.32 bits per heavy atom. The molecule has 0 amide bonds. The van der Waals surface area contributed by atoms with Gasteiger partial charge in [-0.25, -0.2) is 4.39 Å². The van der Waals surface area contributed by atoms with Crippen LogP contribution in [0.3, 0.4) is 0 Å². The summed E-state index contributed by atoms with van der Waals surface area (Å²) in [5.74, 6) is 0.540. The summed E-state index contributed by atoms with van der Waals surface area (Å²) < 4.78 is 19.2. The minimum Gasteiger partial charge on any atom is -0.497 e. The lowest BCUT2D eigenvalue weighted by Crippen LogP contribution is -2.37. The molecule has 1 aromatic carbocycles. The molecule has 0 aliphatic carbocycles. The SMILES string of the molecule is CCCC1CN(c2cc(OC)ccc2F)CCCN1. The van der Waals surface area contributed by atoms with Gasteiger partial charge in [0, 0.05) is 25.2 Å². The second kappa shape index (κ2) is 6.75. The summed E-state index contributed by atoms with van der Waals surface area (Å²) in [6, 6.07) is 5.39. The third-order valence-corrected chi connectivity index (χ3v) is 3.61. The first-order valence-corrected chi connectivity index (χ1v) is 7.06. The fraction of sp³-hybridized carbons (Fsp3) is 0.600. The highest BCUT2D eigenvalue weighted by Crippen LogP contribution is 2.26. The van der Waals surface area contributed by atoms with Gasteiger partial charge in [0.05, 0.1) is 12.8 Å². The summed E-state index contributed by atoms with van der Waals surface area (Å²) in [5, 5.41) is 3.53. The minimum absolute atomic E-state index is 0.169. The molecular weight excluding hydrogens is 243 g/mol. The van der Waals surface area contributed by atoms with Crippen LogP contribution in [0.5, 0.6) is 5.75 Å². The largest absolute Gasteiger partial charge is 0.497 e. The third kappa shape index (κ3) is 3.60. The predicted octanol–water partition coefficient (Wildman–Crippen LogP) is 2.80. The first kappa shape index (κ1) is 14.1. The third-order valence-electron chi connectivity index (χ3n) is 3.61. The summed E-state index contributed by atoms with van der Waals surface area (Å²) >= 11 is 0. The molecule has 2 rings (SSSR count). The van der Waals surface area contributed by atoms with E-state index in [-0.39, 0.29) is 5.82 Å². The van der Waals surface area contributed by atoms with Gasteiger partial charge in [-0.3, -0.25) is 0 Å². The summed E-state index contributed by atoms with van der Waals surface area (Å²) in [4.78, 5) is 2.14. The smallest absolute Gasteiger partial charge is 0.146 e. The molecule has 0 bridgehead atoms. The molecule has 1 aromatic rings. The van der Waals surface area contributed by atoms with Gasteiger partial charge >= 0.3 is 0 Å². The fourth-order valence-corrected chi connectivity index (χ4v) is 2.62. The Bertz CT molecular complexity index is 411. The first-order valence-electron chi connectivity index (χ1n) is 7.06. The number of halogens is 1. The number of nitrogens with zero attached hydrogens (tertiary/aromatic N) is 1. The van der Waals surface area contributed by atoms with E-state index in [2.05, 4.69) is 17.1 Å². The van der Waals surface area contributed by atoms with Gasteiger partial charge in [-0.05, 0) is 31.5 Å². The van der Waals surface area contributed by atoms with E-state index in [0.717, 1.165) is 38.9 Å². The molecule has 0 saturated carbocycles. The van der Waals surface area contributed by atoms with E-state index in [4.69, 9.17) is 4.74 Å². The maximum Gasteiger partial charge on any atom is 0.146 e. The van der Waals surface area contributed by atoms with Crippen LogP contribution in [-0.4, -0.2) is 32.8 Å². The van der Waals surface area contributed by atoms with Gasteiger partial charge in [0.1, 0.15) is 11.6 Å². The molecule has 1 unspecified atom stereocenters. The van der Waals surface area contributed by atoms with Gasteiger partial charge in [0.15, 0.2) is 0 Å². The van der Waals surface area contributed by atoms with Crippen LogP contribution in [0.1, 0.15) is 26.2 Å². The van der Waals surface area contributed by atoms with E-state index < -0.39 is 0 Å². The van der Waals surface area contributed by atoms with Crippen molar-refractivity contribution in [2.75, 3.05) is 31.6 Å². The van der Waals surface area contributed by atoms with Crippen molar-refractivity contribution in [3.63, 3.8) is 0 Å². The van der Waals surface area contributed by atoms with Crippen molar-refractivity contribution in [2.45, 2.75) is 32.2 Å².